The molecule has 0 aliphatic rings. The zero-order valence-electron chi connectivity index (χ0n) is 16.8. The number of nitrogens with zero attached hydrogens (tertiary/aromatic N) is 5. The Hall–Kier alpha value is -3.82. The number of hydrogen-bond donors (Lipinski definition) is 2. The standard InChI is InChI=1S/C20H21N7O3/c1-20(2,3)19-25-16(30-26-19)9-8-15(28)24-13-6-4-5-7-14(13)27-17-12(10-23-27)18(29)22-11-21-17/h4-7,10-11H,8-9H2,1-3H3,(H,24,28)(H,21,22,29). The van der Waals surface area contributed by atoms with Crippen LogP contribution in [0.2, 0.25) is 0 Å². The van der Waals surface area contributed by atoms with E-state index in [1.54, 1.807) is 18.2 Å². The third-order valence-corrected chi connectivity index (χ3v) is 4.48. The van der Waals surface area contributed by atoms with Crippen LogP contribution in [0.3, 0.4) is 0 Å². The number of aromatic nitrogens is 6. The molecule has 0 bridgehead atoms. The number of aryl methyl sites for hydroxylation is 1. The quantitative estimate of drug-likeness (QED) is 0.519. The third kappa shape index (κ3) is 3.84. The number of nitrogens with one attached hydrogen (secondary N) is 2. The number of carbonyl (C=O) groups is 1. The van der Waals surface area contributed by atoms with Crippen molar-refractivity contribution < 1.29 is 9.32 Å². The molecule has 0 atom stereocenters. The van der Waals surface area contributed by atoms with Crippen LogP contribution >= 0.6 is 0 Å². The fourth-order valence-corrected chi connectivity index (χ4v) is 2.89. The zero-order chi connectivity index (χ0) is 21.3. The molecule has 0 saturated carbocycles. The Kier molecular flexibility index (Phi) is 4.90. The molecule has 0 fully saturated rings. The Labute approximate surface area is 171 Å². The molecule has 10 heteroatoms. The van der Waals surface area contributed by atoms with Crippen LogP contribution in [0, 0.1) is 0 Å². The van der Waals surface area contributed by atoms with Gasteiger partial charge in [0.05, 0.1) is 23.9 Å². The average Bonchev–Trinajstić information content (AvgIpc) is 3.35. The Morgan fingerprint density at radius 3 is 2.83 bits per heavy atom. The van der Waals surface area contributed by atoms with Crippen molar-refractivity contribution in [2.75, 3.05) is 5.32 Å². The van der Waals surface area contributed by atoms with Gasteiger partial charge in [-0.25, -0.2) is 9.67 Å². The summed E-state index contributed by atoms with van der Waals surface area (Å²) in [6.45, 7) is 5.98. The van der Waals surface area contributed by atoms with Gasteiger partial charge in [-0.3, -0.25) is 9.59 Å². The summed E-state index contributed by atoms with van der Waals surface area (Å²) in [7, 11) is 0. The minimum atomic E-state index is -0.276. The van der Waals surface area contributed by atoms with Crippen molar-refractivity contribution in [1.82, 2.24) is 29.9 Å². The highest BCUT2D eigenvalue weighted by atomic mass is 16.5. The minimum absolute atomic E-state index is 0.178. The highest BCUT2D eigenvalue weighted by molar-refractivity contribution is 5.93. The summed E-state index contributed by atoms with van der Waals surface area (Å²) in [6, 6.07) is 7.17. The first kappa shape index (κ1) is 19.5. The fourth-order valence-electron chi connectivity index (χ4n) is 2.89. The minimum Gasteiger partial charge on any atom is -0.339 e. The molecule has 10 nitrogen and oxygen atoms in total. The molecule has 0 spiro atoms. The van der Waals surface area contributed by atoms with E-state index in [1.165, 1.54) is 17.2 Å². The van der Waals surface area contributed by atoms with Gasteiger partial charge in [0.1, 0.15) is 5.39 Å². The van der Waals surface area contributed by atoms with Crippen LogP contribution in [-0.2, 0) is 16.6 Å². The molecule has 3 aromatic heterocycles. The van der Waals surface area contributed by atoms with Crippen molar-refractivity contribution in [2.24, 2.45) is 0 Å². The van der Waals surface area contributed by atoms with Crippen LogP contribution < -0.4 is 10.9 Å². The number of fused-ring (bicyclic) bond motifs is 1. The lowest BCUT2D eigenvalue weighted by Crippen LogP contribution is -2.15. The van der Waals surface area contributed by atoms with Crippen molar-refractivity contribution in [1.29, 1.82) is 0 Å². The molecule has 4 rings (SSSR count). The molecule has 2 N–H and O–H groups in total. The first-order valence-corrected chi connectivity index (χ1v) is 9.46. The fraction of sp³-hybridized carbons (Fsp3) is 0.300. The van der Waals surface area contributed by atoms with E-state index < -0.39 is 0 Å². The molecule has 1 aromatic carbocycles. The SMILES string of the molecule is CC(C)(C)c1noc(CCC(=O)Nc2ccccc2-n2ncc3c(=O)[nH]cnc32)n1. The van der Waals surface area contributed by atoms with Gasteiger partial charge < -0.3 is 14.8 Å². The summed E-state index contributed by atoms with van der Waals surface area (Å²) in [5.74, 6) is 0.821. The summed E-state index contributed by atoms with van der Waals surface area (Å²) < 4.78 is 6.76. The summed E-state index contributed by atoms with van der Waals surface area (Å²) in [5, 5.41) is 11.5. The van der Waals surface area contributed by atoms with E-state index in [1.807, 2.05) is 26.8 Å². The molecule has 30 heavy (non-hydrogen) atoms. The summed E-state index contributed by atoms with van der Waals surface area (Å²) >= 11 is 0. The van der Waals surface area contributed by atoms with Gasteiger partial charge in [-0.1, -0.05) is 38.1 Å². The van der Waals surface area contributed by atoms with Gasteiger partial charge >= 0.3 is 0 Å². The second-order valence-corrected chi connectivity index (χ2v) is 7.85. The van der Waals surface area contributed by atoms with Gasteiger partial charge in [-0.2, -0.15) is 10.1 Å². The van der Waals surface area contributed by atoms with Crippen molar-refractivity contribution >= 4 is 22.6 Å². The molecule has 4 aromatic rings. The van der Waals surface area contributed by atoms with Gasteiger partial charge in [0.2, 0.25) is 11.8 Å². The maximum absolute atomic E-state index is 12.5. The molecular weight excluding hydrogens is 386 g/mol. The highest BCUT2D eigenvalue weighted by Gasteiger charge is 2.21. The van der Waals surface area contributed by atoms with E-state index in [4.69, 9.17) is 4.52 Å². The first-order valence-electron chi connectivity index (χ1n) is 9.46. The Bertz CT molecular complexity index is 1260. The van der Waals surface area contributed by atoms with Crippen LogP contribution in [0.1, 0.15) is 38.9 Å². The molecule has 0 aliphatic heterocycles. The van der Waals surface area contributed by atoms with Gasteiger partial charge in [0.15, 0.2) is 11.5 Å². The normalized spacial score (nSPS) is 11.7. The van der Waals surface area contributed by atoms with Gasteiger partial charge in [0, 0.05) is 18.3 Å². The number of anilines is 1. The lowest BCUT2D eigenvalue weighted by atomic mass is 9.96. The molecule has 0 radical (unpaired) electrons. The largest absolute Gasteiger partial charge is 0.339 e. The monoisotopic (exact) mass is 407 g/mol. The molecule has 154 valence electrons. The number of carbonyl (C=O) groups excluding carboxylic acids is 1. The number of H-pyrrole nitrogens is 1. The number of para-hydroxylation sites is 2. The van der Waals surface area contributed by atoms with Crippen molar-refractivity contribution in [3.63, 3.8) is 0 Å². The molecule has 0 unspecified atom stereocenters. The molecular formula is C20H21N7O3. The van der Waals surface area contributed by atoms with E-state index in [0.717, 1.165) is 0 Å². The predicted octanol–water partition coefficient (Wildman–Crippen LogP) is 2.36. The lowest BCUT2D eigenvalue weighted by Gasteiger charge is -2.11. The summed E-state index contributed by atoms with van der Waals surface area (Å²) in [4.78, 5) is 35.5. The Morgan fingerprint density at radius 2 is 2.07 bits per heavy atom. The van der Waals surface area contributed by atoms with Gasteiger partial charge in [-0.15, -0.1) is 0 Å². The number of aromatic amines is 1. The molecule has 1 amide bonds. The molecule has 3 heterocycles. The summed E-state index contributed by atoms with van der Waals surface area (Å²) in [5.41, 5.74) is 1.07. The predicted molar refractivity (Wildman–Crippen MR) is 109 cm³/mol. The van der Waals surface area contributed by atoms with E-state index in [2.05, 4.69) is 30.5 Å². The average molecular weight is 407 g/mol. The van der Waals surface area contributed by atoms with Crippen molar-refractivity contribution in [3.8, 4) is 5.69 Å². The number of hydrogen-bond acceptors (Lipinski definition) is 7. The number of benzene rings is 1. The van der Waals surface area contributed by atoms with Crippen LogP contribution in [0.5, 0.6) is 0 Å². The number of rotatable bonds is 5. The van der Waals surface area contributed by atoms with Crippen molar-refractivity contribution in [3.05, 3.63) is 58.9 Å². The molecule has 0 saturated heterocycles. The Morgan fingerprint density at radius 1 is 1.27 bits per heavy atom. The third-order valence-electron chi connectivity index (χ3n) is 4.48. The second-order valence-electron chi connectivity index (χ2n) is 7.85. The van der Waals surface area contributed by atoms with Gasteiger partial charge in [-0.05, 0) is 12.1 Å². The van der Waals surface area contributed by atoms with Crippen LogP contribution in [-0.4, -0.2) is 35.8 Å². The maximum Gasteiger partial charge on any atom is 0.261 e. The van der Waals surface area contributed by atoms with E-state index in [0.29, 0.717) is 40.5 Å². The zero-order valence-corrected chi connectivity index (χ0v) is 16.8. The van der Waals surface area contributed by atoms with Crippen LogP contribution in [0.4, 0.5) is 5.69 Å². The summed E-state index contributed by atoms with van der Waals surface area (Å²) in [6.07, 6.45) is 3.28. The maximum atomic E-state index is 12.5. The first-order chi connectivity index (χ1) is 14.3. The number of amides is 1. The van der Waals surface area contributed by atoms with E-state index in [-0.39, 0.29) is 23.3 Å². The van der Waals surface area contributed by atoms with E-state index in [9.17, 15) is 9.59 Å². The topological polar surface area (TPSA) is 132 Å². The molecule has 0 aliphatic carbocycles. The van der Waals surface area contributed by atoms with Crippen LogP contribution in [0.15, 0.2) is 46.1 Å². The highest BCUT2D eigenvalue weighted by Crippen LogP contribution is 2.23. The van der Waals surface area contributed by atoms with Gasteiger partial charge in [0.25, 0.3) is 5.56 Å². The smallest absolute Gasteiger partial charge is 0.261 e. The lowest BCUT2D eigenvalue weighted by molar-refractivity contribution is -0.116. The van der Waals surface area contributed by atoms with Crippen LogP contribution in [0.25, 0.3) is 16.7 Å². The second kappa shape index (κ2) is 7.54. The van der Waals surface area contributed by atoms with Crippen molar-refractivity contribution in [2.45, 2.75) is 39.0 Å². The Balaban J connectivity index is 1.52. The van der Waals surface area contributed by atoms with E-state index >= 15 is 0 Å².